The molecular weight excluding hydrogens is 378 g/mol. The first kappa shape index (κ1) is 18.3. The van der Waals surface area contributed by atoms with Crippen LogP contribution in [0.1, 0.15) is 18.4 Å². The van der Waals surface area contributed by atoms with E-state index in [9.17, 15) is 14.4 Å². The monoisotopic (exact) mass is 397 g/mol. The topological polar surface area (TPSA) is 98.7 Å². The van der Waals surface area contributed by atoms with Gasteiger partial charge in [0.15, 0.2) is 0 Å². The van der Waals surface area contributed by atoms with Crippen molar-refractivity contribution in [1.82, 2.24) is 10.2 Å². The van der Waals surface area contributed by atoms with Gasteiger partial charge in [-0.05, 0) is 43.5 Å². The van der Waals surface area contributed by atoms with Gasteiger partial charge in [-0.2, -0.15) is 0 Å². The lowest BCUT2D eigenvalue weighted by Gasteiger charge is -2.30. The lowest BCUT2D eigenvalue weighted by atomic mass is 9.97. The minimum Gasteiger partial charge on any atom is -0.481 e. The summed E-state index contributed by atoms with van der Waals surface area (Å²) in [4.78, 5) is 36.4. The molecule has 7 nitrogen and oxygen atoms in total. The minimum atomic E-state index is -0.820. The Hall–Kier alpha value is -2.09. The fourth-order valence-electron chi connectivity index (χ4n) is 2.56. The second-order valence-corrected chi connectivity index (χ2v) is 6.68. The van der Waals surface area contributed by atoms with Gasteiger partial charge in [0.05, 0.1) is 12.5 Å². The van der Waals surface area contributed by atoms with Gasteiger partial charge in [-0.25, -0.2) is 4.79 Å². The van der Waals surface area contributed by atoms with Crippen molar-refractivity contribution in [1.29, 1.82) is 0 Å². The summed E-state index contributed by atoms with van der Waals surface area (Å²) in [5.41, 5.74) is 1.61. The van der Waals surface area contributed by atoms with E-state index in [0.717, 1.165) is 10.0 Å². The molecule has 0 radical (unpaired) electrons. The highest BCUT2D eigenvalue weighted by atomic mass is 79.9. The molecule has 3 N–H and O–H groups in total. The molecule has 0 aromatic heterocycles. The van der Waals surface area contributed by atoms with Crippen LogP contribution in [0.15, 0.2) is 22.7 Å². The Bertz CT molecular complexity index is 642. The molecule has 24 heavy (non-hydrogen) atoms. The number of hydrogen-bond acceptors (Lipinski definition) is 3. The van der Waals surface area contributed by atoms with Crippen molar-refractivity contribution in [2.24, 2.45) is 5.92 Å². The first-order valence-electron chi connectivity index (χ1n) is 7.68. The maximum atomic E-state index is 12.0. The van der Waals surface area contributed by atoms with Crippen LogP contribution < -0.4 is 10.6 Å². The van der Waals surface area contributed by atoms with Crippen LogP contribution in [-0.2, 0) is 9.59 Å². The molecule has 1 saturated heterocycles. The number of carboxylic acid groups (broad SMARTS) is 1. The van der Waals surface area contributed by atoms with Gasteiger partial charge in [0.25, 0.3) is 0 Å². The van der Waals surface area contributed by atoms with Gasteiger partial charge in [-0.1, -0.05) is 15.9 Å². The number of carbonyl (C=O) groups excluding carboxylic acids is 2. The molecule has 0 spiro atoms. The van der Waals surface area contributed by atoms with Gasteiger partial charge in [-0.15, -0.1) is 0 Å². The Kier molecular flexibility index (Phi) is 6.19. The SMILES string of the molecule is Cc1cc(Br)ccc1NC(=O)CNC(=O)N1CCC(C(=O)O)CC1. The van der Waals surface area contributed by atoms with Crippen LogP contribution in [-0.4, -0.2) is 47.5 Å². The van der Waals surface area contributed by atoms with Crippen LogP contribution in [0.2, 0.25) is 0 Å². The Morgan fingerprint density at radius 2 is 1.96 bits per heavy atom. The summed E-state index contributed by atoms with van der Waals surface area (Å²) >= 11 is 3.36. The molecule has 0 saturated carbocycles. The number of urea groups is 1. The third-order valence-electron chi connectivity index (χ3n) is 3.99. The molecule has 8 heteroatoms. The number of amides is 3. The quantitative estimate of drug-likeness (QED) is 0.724. The molecule has 0 bridgehead atoms. The van der Waals surface area contributed by atoms with Gasteiger partial charge in [0, 0.05) is 23.2 Å². The molecule has 1 aliphatic rings. The van der Waals surface area contributed by atoms with E-state index in [1.165, 1.54) is 4.90 Å². The molecule has 0 aliphatic carbocycles. The number of halogens is 1. The predicted molar refractivity (Wildman–Crippen MR) is 92.8 cm³/mol. The van der Waals surface area contributed by atoms with Crippen LogP contribution in [0.3, 0.4) is 0 Å². The number of piperidine rings is 1. The molecule has 1 fully saturated rings. The van der Waals surface area contributed by atoms with Crippen LogP contribution >= 0.6 is 15.9 Å². The number of anilines is 1. The molecule has 2 rings (SSSR count). The number of nitrogens with one attached hydrogen (secondary N) is 2. The summed E-state index contributed by atoms with van der Waals surface area (Å²) in [5, 5.41) is 14.3. The second-order valence-electron chi connectivity index (χ2n) is 5.77. The van der Waals surface area contributed by atoms with E-state index in [-0.39, 0.29) is 18.5 Å². The number of likely N-dealkylation sites (tertiary alicyclic amines) is 1. The summed E-state index contributed by atoms with van der Waals surface area (Å²) < 4.78 is 0.927. The first-order valence-corrected chi connectivity index (χ1v) is 8.47. The van der Waals surface area contributed by atoms with E-state index in [4.69, 9.17) is 5.11 Å². The van der Waals surface area contributed by atoms with E-state index in [1.54, 1.807) is 6.07 Å². The number of benzene rings is 1. The van der Waals surface area contributed by atoms with Gasteiger partial charge in [0.1, 0.15) is 0 Å². The first-order chi connectivity index (χ1) is 11.4. The molecule has 1 aliphatic heterocycles. The second kappa shape index (κ2) is 8.14. The van der Waals surface area contributed by atoms with Gasteiger partial charge in [0.2, 0.25) is 5.91 Å². The van der Waals surface area contributed by atoms with E-state index >= 15 is 0 Å². The number of aryl methyl sites for hydroxylation is 1. The highest BCUT2D eigenvalue weighted by Gasteiger charge is 2.27. The molecule has 3 amide bonds. The van der Waals surface area contributed by atoms with Crippen LogP contribution in [0.25, 0.3) is 0 Å². The standard InChI is InChI=1S/C16H20BrN3O4/c1-10-8-12(17)2-3-13(10)19-14(21)9-18-16(24)20-6-4-11(5-7-20)15(22)23/h2-3,8,11H,4-7,9H2,1H3,(H,18,24)(H,19,21)(H,22,23). The summed E-state index contributed by atoms with van der Waals surface area (Å²) in [7, 11) is 0. The minimum absolute atomic E-state index is 0.132. The van der Waals surface area contributed by atoms with Crippen LogP contribution in [0, 0.1) is 12.8 Å². The largest absolute Gasteiger partial charge is 0.481 e. The van der Waals surface area contributed by atoms with E-state index in [1.807, 2.05) is 19.1 Å². The molecule has 0 unspecified atom stereocenters. The van der Waals surface area contributed by atoms with E-state index in [2.05, 4.69) is 26.6 Å². The Labute approximate surface area is 148 Å². The highest BCUT2D eigenvalue weighted by Crippen LogP contribution is 2.20. The lowest BCUT2D eigenvalue weighted by Crippen LogP contribution is -2.47. The number of carbonyl (C=O) groups is 3. The molecule has 1 heterocycles. The molecule has 1 aromatic carbocycles. The number of hydrogen-bond donors (Lipinski definition) is 3. The normalized spacial score (nSPS) is 15.0. The third-order valence-corrected chi connectivity index (χ3v) is 4.49. The van der Waals surface area contributed by atoms with Gasteiger partial charge in [-0.3, -0.25) is 9.59 Å². The van der Waals surface area contributed by atoms with Crippen molar-refractivity contribution < 1.29 is 19.5 Å². The number of aliphatic carboxylic acids is 1. The Morgan fingerprint density at radius 1 is 1.29 bits per heavy atom. The molecular formula is C16H20BrN3O4. The van der Waals surface area contributed by atoms with Gasteiger partial charge < -0.3 is 20.6 Å². The fourth-order valence-corrected chi connectivity index (χ4v) is 3.03. The van der Waals surface area contributed by atoms with Crippen LogP contribution in [0.4, 0.5) is 10.5 Å². The van der Waals surface area contributed by atoms with Crippen LogP contribution in [0.5, 0.6) is 0 Å². The number of carboxylic acids is 1. The van der Waals surface area contributed by atoms with Crippen molar-refractivity contribution in [3.8, 4) is 0 Å². The lowest BCUT2D eigenvalue weighted by molar-refractivity contribution is -0.143. The smallest absolute Gasteiger partial charge is 0.317 e. The van der Waals surface area contributed by atoms with E-state index < -0.39 is 11.9 Å². The Balaban J connectivity index is 1.77. The number of nitrogens with zero attached hydrogens (tertiary/aromatic N) is 1. The zero-order chi connectivity index (χ0) is 17.7. The maximum Gasteiger partial charge on any atom is 0.317 e. The van der Waals surface area contributed by atoms with Crippen molar-refractivity contribution in [3.63, 3.8) is 0 Å². The van der Waals surface area contributed by atoms with E-state index in [0.29, 0.717) is 31.6 Å². The number of rotatable bonds is 4. The summed E-state index contributed by atoms with van der Waals surface area (Å²) in [6.07, 6.45) is 0.875. The maximum absolute atomic E-state index is 12.0. The van der Waals surface area contributed by atoms with Crippen molar-refractivity contribution >= 4 is 39.5 Å². The van der Waals surface area contributed by atoms with Gasteiger partial charge >= 0.3 is 12.0 Å². The summed E-state index contributed by atoms with van der Waals surface area (Å²) in [6.45, 7) is 2.52. The average Bonchev–Trinajstić information content (AvgIpc) is 2.55. The molecule has 0 atom stereocenters. The summed E-state index contributed by atoms with van der Waals surface area (Å²) in [5.74, 6) is -1.52. The van der Waals surface area contributed by atoms with Crippen molar-refractivity contribution in [2.75, 3.05) is 25.0 Å². The van der Waals surface area contributed by atoms with Crippen molar-refractivity contribution in [2.45, 2.75) is 19.8 Å². The third kappa shape index (κ3) is 4.95. The predicted octanol–water partition coefficient (Wildman–Crippen LogP) is 2.20. The fraction of sp³-hybridized carbons (Fsp3) is 0.438. The summed E-state index contributed by atoms with van der Waals surface area (Å²) in [6, 6.07) is 5.16. The molecule has 130 valence electrons. The average molecular weight is 398 g/mol. The zero-order valence-electron chi connectivity index (χ0n) is 13.3. The Morgan fingerprint density at radius 3 is 2.54 bits per heavy atom. The zero-order valence-corrected chi connectivity index (χ0v) is 14.9. The molecule has 1 aromatic rings. The highest BCUT2D eigenvalue weighted by molar-refractivity contribution is 9.10. The van der Waals surface area contributed by atoms with Crippen molar-refractivity contribution in [3.05, 3.63) is 28.2 Å².